The molecule has 0 fully saturated rings. The lowest BCUT2D eigenvalue weighted by Gasteiger charge is -2.10. The van der Waals surface area contributed by atoms with Crippen molar-refractivity contribution in [3.05, 3.63) is 35.9 Å². The van der Waals surface area contributed by atoms with E-state index in [4.69, 9.17) is 16.3 Å². The number of benzene rings is 1. The number of halogens is 1. The molecule has 0 N–H and O–H groups in total. The van der Waals surface area contributed by atoms with Gasteiger partial charge in [0.2, 0.25) is 5.16 Å². The molecule has 0 radical (unpaired) electrons. The molecule has 1 aromatic carbocycles. The lowest BCUT2D eigenvalue weighted by atomic mass is 10.3. The molecule has 100 valence electrons. The summed E-state index contributed by atoms with van der Waals surface area (Å²) >= 11 is 7.18. The maximum Gasteiger partial charge on any atom is 0.214 e. The van der Waals surface area contributed by atoms with Crippen molar-refractivity contribution >= 4 is 23.4 Å². The van der Waals surface area contributed by atoms with Gasteiger partial charge in [-0.25, -0.2) is 0 Å². The zero-order valence-corrected chi connectivity index (χ0v) is 12.0. The molecular weight excluding hydrogens is 284 g/mol. The minimum absolute atomic E-state index is 0.553. The van der Waals surface area contributed by atoms with Crippen molar-refractivity contribution in [1.29, 1.82) is 0 Å². The van der Waals surface area contributed by atoms with Crippen LogP contribution >= 0.6 is 23.4 Å². The molecule has 0 aliphatic rings. The number of para-hydroxylation sites is 2. The van der Waals surface area contributed by atoms with E-state index in [9.17, 15) is 0 Å². The van der Waals surface area contributed by atoms with E-state index in [-0.39, 0.29) is 0 Å². The van der Waals surface area contributed by atoms with Crippen LogP contribution in [0, 0.1) is 0 Å². The fourth-order valence-corrected chi connectivity index (χ4v) is 2.27. The minimum Gasteiger partial charge on any atom is -0.492 e. The number of thioether (sulfide) groups is 1. The van der Waals surface area contributed by atoms with Crippen LogP contribution < -0.4 is 4.74 Å². The van der Waals surface area contributed by atoms with E-state index < -0.39 is 0 Å². The van der Waals surface area contributed by atoms with Crippen molar-refractivity contribution in [1.82, 2.24) is 20.2 Å². The Bertz CT molecular complexity index is 572. The van der Waals surface area contributed by atoms with Crippen LogP contribution in [-0.4, -0.2) is 32.6 Å². The summed E-state index contributed by atoms with van der Waals surface area (Å²) in [4.78, 5) is 0. The van der Waals surface area contributed by atoms with Gasteiger partial charge in [-0.2, -0.15) is 4.68 Å². The van der Waals surface area contributed by atoms with Crippen LogP contribution in [0.15, 0.2) is 41.0 Å². The molecule has 19 heavy (non-hydrogen) atoms. The average molecular weight is 297 g/mol. The van der Waals surface area contributed by atoms with Crippen molar-refractivity contribution in [2.24, 2.45) is 0 Å². The van der Waals surface area contributed by atoms with Gasteiger partial charge in [0, 0.05) is 10.8 Å². The molecule has 1 aromatic heterocycles. The van der Waals surface area contributed by atoms with Gasteiger partial charge in [-0.1, -0.05) is 42.1 Å². The fourth-order valence-electron chi connectivity index (χ4n) is 1.47. The summed E-state index contributed by atoms with van der Waals surface area (Å²) in [5.41, 5.74) is 0.803. The van der Waals surface area contributed by atoms with Crippen LogP contribution in [0.25, 0.3) is 5.69 Å². The van der Waals surface area contributed by atoms with Crippen LogP contribution in [0.1, 0.15) is 6.92 Å². The highest BCUT2D eigenvalue weighted by atomic mass is 35.5. The first kappa shape index (κ1) is 13.9. The number of tetrazole rings is 1. The first-order valence-electron chi connectivity index (χ1n) is 5.69. The number of hydrogen-bond donors (Lipinski definition) is 0. The summed E-state index contributed by atoms with van der Waals surface area (Å²) in [6.45, 7) is 6.16. The first-order valence-corrected chi connectivity index (χ1v) is 7.05. The second kappa shape index (κ2) is 6.58. The molecule has 0 spiro atoms. The third-order valence-corrected chi connectivity index (χ3v) is 3.49. The van der Waals surface area contributed by atoms with Gasteiger partial charge >= 0.3 is 0 Å². The van der Waals surface area contributed by atoms with E-state index in [0.29, 0.717) is 22.5 Å². The highest BCUT2D eigenvalue weighted by Gasteiger charge is 2.13. The number of hydrogen-bond acceptors (Lipinski definition) is 5. The molecule has 0 aliphatic carbocycles. The standard InChI is InChI=1S/C12H13ClN4OS/c1-3-18-11-7-5-4-6-10(11)17-12(14-15-16-17)19-8-9(2)13/h4-7H,2-3,8H2,1H3. The monoisotopic (exact) mass is 296 g/mol. The topological polar surface area (TPSA) is 52.8 Å². The predicted molar refractivity (Wildman–Crippen MR) is 76.0 cm³/mol. The van der Waals surface area contributed by atoms with Gasteiger partial charge < -0.3 is 4.74 Å². The van der Waals surface area contributed by atoms with Gasteiger partial charge in [-0.3, -0.25) is 0 Å². The number of ether oxygens (including phenoxy) is 1. The zero-order chi connectivity index (χ0) is 13.7. The van der Waals surface area contributed by atoms with E-state index in [1.807, 2.05) is 31.2 Å². The second-order valence-electron chi connectivity index (χ2n) is 3.58. The van der Waals surface area contributed by atoms with E-state index in [2.05, 4.69) is 22.1 Å². The largest absolute Gasteiger partial charge is 0.492 e. The smallest absolute Gasteiger partial charge is 0.214 e. The van der Waals surface area contributed by atoms with Crippen molar-refractivity contribution in [2.45, 2.75) is 12.1 Å². The SMILES string of the molecule is C=C(Cl)CSc1nnnn1-c1ccccc1OCC. The molecule has 1 heterocycles. The van der Waals surface area contributed by atoms with Crippen molar-refractivity contribution in [3.8, 4) is 11.4 Å². The summed E-state index contributed by atoms with van der Waals surface area (Å²) < 4.78 is 7.21. The van der Waals surface area contributed by atoms with Gasteiger partial charge in [0.05, 0.1) is 6.61 Å². The molecule has 2 rings (SSSR count). The summed E-state index contributed by atoms with van der Waals surface area (Å²) in [6, 6.07) is 7.61. The Labute approximate surface area is 120 Å². The Balaban J connectivity index is 2.31. The fraction of sp³-hybridized carbons (Fsp3) is 0.250. The first-order chi connectivity index (χ1) is 9.22. The van der Waals surface area contributed by atoms with Crippen molar-refractivity contribution in [3.63, 3.8) is 0 Å². The van der Waals surface area contributed by atoms with Gasteiger partial charge in [-0.05, 0) is 29.5 Å². The van der Waals surface area contributed by atoms with Crippen LogP contribution in [0.3, 0.4) is 0 Å². The highest BCUT2D eigenvalue weighted by molar-refractivity contribution is 7.99. The summed E-state index contributed by atoms with van der Waals surface area (Å²) in [5, 5.41) is 12.9. The average Bonchev–Trinajstić information content (AvgIpc) is 2.85. The molecule has 0 amide bonds. The molecular formula is C12H13ClN4OS. The molecule has 5 nitrogen and oxygen atoms in total. The highest BCUT2D eigenvalue weighted by Crippen LogP contribution is 2.26. The Morgan fingerprint density at radius 2 is 2.26 bits per heavy atom. The van der Waals surface area contributed by atoms with Gasteiger partial charge in [0.15, 0.2) is 0 Å². The van der Waals surface area contributed by atoms with E-state index in [1.54, 1.807) is 4.68 Å². The molecule has 0 atom stereocenters. The van der Waals surface area contributed by atoms with Crippen LogP contribution in [-0.2, 0) is 0 Å². The third-order valence-electron chi connectivity index (χ3n) is 2.19. The lowest BCUT2D eigenvalue weighted by molar-refractivity contribution is 0.337. The normalized spacial score (nSPS) is 10.4. The van der Waals surface area contributed by atoms with Gasteiger partial charge in [-0.15, -0.1) is 5.10 Å². The zero-order valence-electron chi connectivity index (χ0n) is 10.4. The maximum atomic E-state index is 5.76. The number of nitrogens with zero attached hydrogens (tertiary/aromatic N) is 4. The van der Waals surface area contributed by atoms with Crippen LogP contribution in [0.2, 0.25) is 0 Å². The summed E-state index contributed by atoms with van der Waals surface area (Å²) in [7, 11) is 0. The van der Waals surface area contributed by atoms with Crippen molar-refractivity contribution in [2.75, 3.05) is 12.4 Å². The number of aromatic nitrogens is 4. The quantitative estimate of drug-likeness (QED) is 0.767. The Kier molecular flexibility index (Phi) is 4.81. The molecule has 0 bridgehead atoms. The Morgan fingerprint density at radius 3 is 3.00 bits per heavy atom. The molecule has 0 aliphatic heterocycles. The van der Waals surface area contributed by atoms with Crippen LogP contribution in [0.5, 0.6) is 5.75 Å². The predicted octanol–water partition coefficient (Wildman–Crippen LogP) is 2.91. The van der Waals surface area contributed by atoms with Crippen molar-refractivity contribution < 1.29 is 4.74 Å². The maximum absolute atomic E-state index is 5.76. The summed E-state index contributed by atoms with van der Waals surface area (Å²) in [5.74, 6) is 1.29. The molecule has 0 saturated heterocycles. The molecule has 0 saturated carbocycles. The Morgan fingerprint density at radius 1 is 1.47 bits per heavy atom. The molecule has 7 heteroatoms. The number of rotatable bonds is 6. The molecule has 2 aromatic rings. The minimum atomic E-state index is 0.553. The molecule has 0 unspecified atom stereocenters. The van der Waals surface area contributed by atoms with E-state index >= 15 is 0 Å². The third kappa shape index (κ3) is 3.48. The van der Waals surface area contributed by atoms with E-state index in [0.717, 1.165) is 11.4 Å². The van der Waals surface area contributed by atoms with Gasteiger partial charge in [0.1, 0.15) is 11.4 Å². The Hall–Kier alpha value is -1.53. The summed E-state index contributed by atoms with van der Waals surface area (Å²) in [6.07, 6.45) is 0. The van der Waals surface area contributed by atoms with Crippen LogP contribution in [0.4, 0.5) is 0 Å². The lowest BCUT2D eigenvalue weighted by Crippen LogP contribution is -2.03. The van der Waals surface area contributed by atoms with E-state index in [1.165, 1.54) is 11.8 Å². The second-order valence-corrected chi connectivity index (χ2v) is 5.06. The van der Waals surface area contributed by atoms with Gasteiger partial charge in [0.25, 0.3) is 0 Å².